The number of nitrogens with zero attached hydrogens (tertiary/aromatic N) is 1. The van der Waals surface area contributed by atoms with Crippen molar-refractivity contribution in [1.29, 1.82) is 0 Å². The zero-order chi connectivity index (χ0) is 57.0. The fourth-order valence-electron chi connectivity index (χ4n) is 10.5. The molecule has 78 heavy (non-hydrogen) atoms. The van der Waals surface area contributed by atoms with Crippen LogP contribution in [0.5, 0.6) is 0 Å². The molecule has 0 rings (SSSR count). The predicted molar refractivity (Wildman–Crippen MR) is 341 cm³/mol. The molecule has 0 aliphatic heterocycles. The summed E-state index contributed by atoms with van der Waals surface area (Å²) in [6, 6.07) is -0.869. The third-order valence-corrected chi connectivity index (χ3v) is 16.8. The molecule has 0 radical (unpaired) electrons. The molecule has 0 aromatic carbocycles. The first kappa shape index (κ1) is 76.7. The van der Waals surface area contributed by atoms with Gasteiger partial charge in [-0.2, -0.15) is 0 Å². The van der Waals surface area contributed by atoms with Gasteiger partial charge in [-0.05, 0) is 44.9 Å². The number of aliphatic hydroxyl groups excluding tert-OH is 1. The minimum Gasteiger partial charge on any atom is -0.387 e. The number of carbonyl (C=O) groups is 1. The number of phosphoric acid groups is 1. The minimum atomic E-state index is -4.36. The van der Waals surface area contributed by atoms with Gasteiger partial charge in [-0.15, -0.1) is 0 Å². The van der Waals surface area contributed by atoms with Crippen molar-refractivity contribution in [2.24, 2.45) is 0 Å². The largest absolute Gasteiger partial charge is 0.472 e. The minimum absolute atomic E-state index is 0.0554. The lowest BCUT2D eigenvalue weighted by Crippen LogP contribution is -2.45. The second-order valence-corrected chi connectivity index (χ2v) is 26.4. The quantitative estimate of drug-likeness (QED) is 0.0243. The molecule has 462 valence electrons. The third-order valence-electron chi connectivity index (χ3n) is 15.8. The summed E-state index contributed by atoms with van der Waals surface area (Å²) in [6.07, 6.45) is 80.1. The van der Waals surface area contributed by atoms with Crippen LogP contribution in [0.15, 0.2) is 36.5 Å². The Morgan fingerprint density at radius 2 is 0.705 bits per heavy atom. The number of unbranched alkanes of at least 4 members (excludes halogenated alkanes) is 47. The molecule has 0 spiro atoms. The van der Waals surface area contributed by atoms with Gasteiger partial charge in [0, 0.05) is 6.42 Å². The van der Waals surface area contributed by atoms with Crippen molar-refractivity contribution >= 4 is 13.7 Å². The molecule has 3 atom stereocenters. The van der Waals surface area contributed by atoms with E-state index in [1.165, 1.54) is 283 Å². The van der Waals surface area contributed by atoms with Gasteiger partial charge in [0.25, 0.3) is 0 Å². The molecule has 0 bridgehead atoms. The summed E-state index contributed by atoms with van der Waals surface area (Å²) in [4.78, 5) is 23.4. The van der Waals surface area contributed by atoms with Crippen LogP contribution in [0.2, 0.25) is 0 Å². The number of amides is 1. The Labute approximate surface area is 487 Å². The van der Waals surface area contributed by atoms with Crippen LogP contribution in [-0.4, -0.2) is 73.4 Å². The Hall–Kier alpha value is -1.28. The van der Waals surface area contributed by atoms with Gasteiger partial charge in [-0.3, -0.25) is 13.8 Å². The fraction of sp³-hybridized carbons (Fsp3) is 0.899. The molecular formula is C69H136N2O6P+. The molecule has 0 saturated heterocycles. The fourth-order valence-corrected chi connectivity index (χ4v) is 11.2. The van der Waals surface area contributed by atoms with E-state index in [9.17, 15) is 19.4 Å². The molecular weight excluding hydrogens is 984 g/mol. The van der Waals surface area contributed by atoms with E-state index in [0.29, 0.717) is 17.4 Å². The Kier molecular flexibility index (Phi) is 59.3. The van der Waals surface area contributed by atoms with Crippen molar-refractivity contribution in [2.45, 2.75) is 360 Å². The van der Waals surface area contributed by atoms with Crippen molar-refractivity contribution in [3.63, 3.8) is 0 Å². The van der Waals surface area contributed by atoms with Crippen molar-refractivity contribution in [3.8, 4) is 0 Å². The van der Waals surface area contributed by atoms with Crippen molar-refractivity contribution < 1.29 is 32.9 Å². The van der Waals surface area contributed by atoms with Crippen LogP contribution in [0, 0.1) is 0 Å². The summed E-state index contributed by atoms with van der Waals surface area (Å²) in [5, 5.41) is 14.0. The van der Waals surface area contributed by atoms with Crippen molar-refractivity contribution in [2.75, 3.05) is 40.9 Å². The maximum Gasteiger partial charge on any atom is 0.472 e. The van der Waals surface area contributed by atoms with Gasteiger partial charge in [0.2, 0.25) is 5.91 Å². The summed E-state index contributed by atoms with van der Waals surface area (Å²) in [5.41, 5.74) is 0. The number of nitrogens with one attached hydrogen (secondary N) is 1. The smallest absolute Gasteiger partial charge is 0.387 e. The molecule has 0 heterocycles. The van der Waals surface area contributed by atoms with Crippen LogP contribution >= 0.6 is 7.82 Å². The number of quaternary nitrogens is 1. The molecule has 0 aliphatic rings. The summed E-state index contributed by atoms with van der Waals surface area (Å²) in [5.74, 6) is -0.183. The monoisotopic (exact) mass is 1120 g/mol. The van der Waals surface area contributed by atoms with Gasteiger partial charge >= 0.3 is 7.82 Å². The molecule has 0 fully saturated rings. The van der Waals surface area contributed by atoms with E-state index in [2.05, 4.69) is 43.5 Å². The van der Waals surface area contributed by atoms with E-state index in [-0.39, 0.29) is 19.1 Å². The van der Waals surface area contributed by atoms with Gasteiger partial charge < -0.3 is 19.8 Å². The lowest BCUT2D eigenvalue weighted by atomic mass is 10.0. The summed E-state index contributed by atoms with van der Waals surface area (Å²) in [6.45, 7) is 4.85. The summed E-state index contributed by atoms with van der Waals surface area (Å²) < 4.78 is 23.8. The molecule has 9 heteroatoms. The first-order chi connectivity index (χ1) is 38.0. The number of carbonyl (C=O) groups excluding carboxylic acids is 1. The van der Waals surface area contributed by atoms with Gasteiger partial charge in [-0.1, -0.05) is 333 Å². The number of hydrogen-bond acceptors (Lipinski definition) is 5. The predicted octanol–water partition coefficient (Wildman–Crippen LogP) is 21.7. The highest BCUT2D eigenvalue weighted by atomic mass is 31.2. The summed E-state index contributed by atoms with van der Waals surface area (Å²) in [7, 11) is 1.56. The van der Waals surface area contributed by atoms with E-state index >= 15 is 0 Å². The van der Waals surface area contributed by atoms with Crippen molar-refractivity contribution in [3.05, 3.63) is 36.5 Å². The molecule has 8 nitrogen and oxygen atoms in total. The Balaban J connectivity index is 4.13. The molecule has 1 amide bonds. The number of allylic oxidation sites excluding steroid dienone is 5. The standard InChI is InChI=1S/C69H135N2O6P/c1-6-8-10-12-14-16-18-20-22-24-26-28-30-32-34-35-36-37-38-40-42-44-46-48-50-52-54-56-58-60-62-68(72)67(66-77-78(74,75)76-65-64-71(3,4)5)70-69(73)63-61-59-57-55-53-51-49-47-45-43-41-39-33-31-29-27-25-23-21-19-17-15-13-11-9-7-2/h44,46,52,54,60,62,67-68,72H,6-43,45,47-51,53,55-59,61,63-66H2,1-5H3,(H-,70,73,74,75)/p+1/b46-44+,54-52+,62-60+. The Morgan fingerprint density at radius 1 is 0.423 bits per heavy atom. The third kappa shape index (κ3) is 62.3. The highest BCUT2D eigenvalue weighted by Crippen LogP contribution is 2.43. The van der Waals surface area contributed by atoms with E-state index in [4.69, 9.17) is 9.05 Å². The Morgan fingerprint density at radius 3 is 1.03 bits per heavy atom. The van der Waals surface area contributed by atoms with Gasteiger partial charge in [0.1, 0.15) is 13.2 Å². The number of likely N-dealkylation sites (N-methyl/N-ethyl adjacent to an activating group) is 1. The van der Waals surface area contributed by atoms with Gasteiger partial charge in [0.05, 0.1) is 39.9 Å². The van der Waals surface area contributed by atoms with Crippen LogP contribution in [0.1, 0.15) is 348 Å². The van der Waals surface area contributed by atoms with Crippen LogP contribution in [0.25, 0.3) is 0 Å². The Bertz CT molecular complexity index is 1360. The summed E-state index contributed by atoms with van der Waals surface area (Å²) >= 11 is 0. The van der Waals surface area contributed by atoms with E-state index in [0.717, 1.165) is 44.9 Å². The SMILES string of the molecule is CCCCCCCCCCCCCCCCCCCCCC/C=C/CC/C=C/CC/C=C/C(O)C(COP(=O)(O)OCC[N+](C)(C)C)NC(=O)CCCCCCCCCCCCCCCCCCCCCCCCCCCC. The average molecular weight is 1120 g/mol. The molecule has 3 unspecified atom stereocenters. The van der Waals surface area contributed by atoms with E-state index in [1.54, 1.807) is 6.08 Å². The van der Waals surface area contributed by atoms with E-state index in [1.807, 2.05) is 27.2 Å². The number of hydrogen-bond donors (Lipinski definition) is 3. The van der Waals surface area contributed by atoms with Crippen LogP contribution in [0.4, 0.5) is 0 Å². The topological polar surface area (TPSA) is 105 Å². The lowest BCUT2D eigenvalue weighted by molar-refractivity contribution is -0.870. The van der Waals surface area contributed by atoms with Crippen molar-refractivity contribution in [1.82, 2.24) is 5.32 Å². The maximum absolute atomic E-state index is 13.0. The average Bonchev–Trinajstić information content (AvgIpc) is 3.41. The van der Waals surface area contributed by atoms with Gasteiger partial charge in [0.15, 0.2) is 0 Å². The normalized spacial score (nSPS) is 13.9. The van der Waals surface area contributed by atoms with Crippen LogP contribution in [0.3, 0.4) is 0 Å². The second kappa shape index (κ2) is 60.3. The zero-order valence-corrected chi connectivity index (χ0v) is 53.8. The lowest BCUT2D eigenvalue weighted by Gasteiger charge is -2.25. The highest BCUT2D eigenvalue weighted by Gasteiger charge is 2.28. The number of phosphoric ester groups is 1. The molecule has 0 aromatic rings. The van der Waals surface area contributed by atoms with E-state index < -0.39 is 20.0 Å². The number of rotatable bonds is 64. The van der Waals surface area contributed by atoms with Crippen LogP contribution in [-0.2, 0) is 18.4 Å². The molecule has 0 saturated carbocycles. The zero-order valence-electron chi connectivity index (χ0n) is 52.9. The number of aliphatic hydroxyl groups is 1. The first-order valence-electron chi connectivity index (χ1n) is 34.4. The highest BCUT2D eigenvalue weighted by molar-refractivity contribution is 7.47. The maximum atomic E-state index is 13.0. The second-order valence-electron chi connectivity index (χ2n) is 24.9. The molecule has 0 aromatic heterocycles. The van der Waals surface area contributed by atoms with Gasteiger partial charge in [-0.25, -0.2) is 4.57 Å². The first-order valence-corrected chi connectivity index (χ1v) is 35.9. The van der Waals surface area contributed by atoms with Crippen LogP contribution < -0.4 is 5.32 Å². The molecule has 0 aliphatic carbocycles. The molecule has 3 N–H and O–H groups in total.